The summed E-state index contributed by atoms with van der Waals surface area (Å²) in [6.45, 7) is 5.76. The molecule has 8 heteroatoms. The van der Waals surface area contributed by atoms with Crippen LogP contribution in [-0.4, -0.2) is 27.7 Å². The number of rotatable bonds is 8. The fraction of sp³-hybridized carbons (Fsp3) is 0.647. The predicted molar refractivity (Wildman–Crippen MR) is 95.6 cm³/mol. The van der Waals surface area contributed by atoms with Crippen molar-refractivity contribution >= 4 is 23.6 Å². The number of aromatic nitrogens is 2. The summed E-state index contributed by atoms with van der Waals surface area (Å²) in [5.41, 5.74) is -2.05. The Labute approximate surface area is 151 Å². The summed E-state index contributed by atoms with van der Waals surface area (Å²) >= 11 is 5.79. The van der Waals surface area contributed by atoms with Crippen molar-refractivity contribution in [3.63, 3.8) is 0 Å². The van der Waals surface area contributed by atoms with Gasteiger partial charge < -0.3 is 4.74 Å². The van der Waals surface area contributed by atoms with Crippen LogP contribution in [-0.2, 0) is 4.74 Å². The van der Waals surface area contributed by atoms with Crippen LogP contribution in [0.25, 0.3) is 0 Å². The Balaban J connectivity index is 2.98. The van der Waals surface area contributed by atoms with E-state index < -0.39 is 23.2 Å². The highest BCUT2D eigenvalue weighted by Crippen LogP contribution is 2.07. The number of carbonyl (C=O) groups excluding carboxylic acids is 2. The summed E-state index contributed by atoms with van der Waals surface area (Å²) in [5, 5.41) is -0.388. The Bertz CT molecular complexity index is 721. The summed E-state index contributed by atoms with van der Waals surface area (Å²) < 4.78 is 5.88. The smallest absolute Gasteiger partial charge is 0.425 e. The zero-order valence-electron chi connectivity index (χ0n) is 14.9. The maximum absolute atomic E-state index is 12.4. The van der Waals surface area contributed by atoms with E-state index in [4.69, 9.17) is 16.3 Å². The first kappa shape index (κ1) is 21.2. The molecule has 0 aliphatic rings. The third-order valence-corrected chi connectivity index (χ3v) is 3.79. The van der Waals surface area contributed by atoms with Crippen LogP contribution in [0.1, 0.15) is 64.1 Å². The van der Waals surface area contributed by atoms with E-state index in [1.54, 1.807) is 0 Å². The molecule has 1 heterocycles. The van der Waals surface area contributed by atoms with Gasteiger partial charge in [-0.3, -0.25) is 9.59 Å². The predicted octanol–water partition coefficient (Wildman–Crippen LogP) is 3.30. The van der Waals surface area contributed by atoms with Gasteiger partial charge in [0.15, 0.2) is 0 Å². The van der Waals surface area contributed by atoms with E-state index in [2.05, 4.69) is 6.92 Å². The van der Waals surface area contributed by atoms with Crippen LogP contribution in [0.2, 0.25) is 5.02 Å². The quantitative estimate of drug-likeness (QED) is 0.653. The Morgan fingerprint density at radius 3 is 2.40 bits per heavy atom. The van der Waals surface area contributed by atoms with Gasteiger partial charge in [0.1, 0.15) is 5.02 Å². The average molecular weight is 373 g/mol. The van der Waals surface area contributed by atoms with Crippen LogP contribution in [0.3, 0.4) is 0 Å². The van der Waals surface area contributed by atoms with E-state index in [1.807, 2.05) is 13.8 Å². The van der Waals surface area contributed by atoms with Crippen molar-refractivity contribution in [1.82, 2.24) is 9.13 Å². The lowest BCUT2D eigenvalue weighted by molar-refractivity contribution is 0.0889. The number of hydrogen-bond donors (Lipinski definition) is 0. The topological polar surface area (TPSA) is 87.4 Å². The highest BCUT2D eigenvalue weighted by Gasteiger charge is 2.20. The normalized spacial score (nSPS) is 10.9. The average Bonchev–Trinajstić information content (AvgIpc) is 2.56. The number of hydrogen-bond acceptors (Lipinski definition) is 5. The highest BCUT2D eigenvalue weighted by atomic mass is 35.5. The van der Waals surface area contributed by atoms with Gasteiger partial charge in [-0.15, -0.1) is 0 Å². The lowest BCUT2D eigenvalue weighted by Gasteiger charge is -2.11. The number of carbonyl (C=O) groups is 2. The summed E-state index contributed by atoms with van der Waals surface area (Å²) in [5.74, 6) is -0.473. The molecule has 0 aliphatic heterocycles. The van der Waals surface area contributed by atoms with Crippen molar-refractivity contribution in [3.05, 3.63) is 32.1 Å². The van der Waals surface area contributed by atoms with E-state index in [0.717, 1.165) is 31.9 Å². The molecule has 0 spiro atoms. The van der Waals surface area contributed by atoms with Crippen LogP contribution in [0, 0.1) is 5.92 Å². The Kier molecular flexibility index (Phi) is 8.61. The van der Waals surface area contributed by atoms with Crippen molar-refractivity contribution in [3.8, 4) is 0 Å². The molecule has 7 nitrogen and oxygen atoms in total. The molecule has 0 fully saturated rings. The molecule has 0 saturated heterocycles. The third kappa shape index (κ3) is 6.16. The van der Waals surface area contributed by atoms with Crippen molar-refractivity contribution in [2.75, 3.05) is 6.61 Å². The lowest BCUT2D eigenvalue weighted by atomic mass is 10.1. The number of nitrogens with zero attached hydrogens (tertiary/aromatic N) is 2. The molecule has 140 valence electrons. The Morgan fingerprint density at radius 1 is 1.16 bits per heavy atom. The summed E-state index contributed by atoms with van der Waals surface area (Å²) in [4.78, 5) is 48.6. The first-order chi connectivity index (χ1) is 11.8. The molecule has 0 amide bonds. The minimum Gasteiger partial charge on any atom is -0.448 e. The van der Waals surface area contributed by atoms with Gasteiger partial charge in [0, 0.05) is 12.6 Å². The third-order valence-electron chi connectivity index (χ3n) is 3.53. The zero-order chi connectivity index (χ0) is 19.0. The van der Waals surface area contributed by atoms with Gasteiger partial charge in [0.25, 0.3) is 5.56 Å². The molecule has 0 unspecified atom stereocenters. The number of halogens is 1. The molecule has 0 radical (unpaired) electrons. The molecular weight excluding hydrogens is 348 g/mol. The second-order valence-electron chi connectivity index (χ2n) is 6.30. The fourth-order valence-electron chi connectivity index (χ4n) is 2.17. The first-order valence-corrected chi connectivity index (χ1v) is 8.91. The largest absolute Gasteiger partial charge is 0.448 e. The van der Waals surface area contributed by atoms with E-state index in [-0.39, 0.29) is 28.5 Å². The summed E-state index contributed by atoms with van der Waals surface area (Å²) in [7, 11) is 0. The molecule has 0 aromatic carbocycles. The molecule has 0 N–H and O–H groups in total. The molecule has 0 saturated carbocycles. The van der Waals surface area contributed by atoms with E-state index in [1.165, 1.54) is 0 Å². The molecule has 25 heavy (non-hydrogen) atoms. The minimum absolute atomic E-state index is 0.0332. The van der Waals surface area contributed by atoms with Crippen LogP contribution in [0.15, 0.2) is 15.8 Å². The Morgan fingerprint density at radius 2 is 1.80 bits per heavy atom. The van der Waals surface area contributed by atoms with Crippen LogP contribution >= 0.6 is 11.6 Å². The molecule has 0 atom stereocenters. The van der Waals surface area contributed by atoms with Gasteiger partial charge in [-0.05, 0) is 12.3 Å². The first-order valence-electron chi connectivity index (χ1n) is 8.54. The molecule has 1 rings (SSSR count). The van der Waals surface area contributed by atoms with Crippen molar-refractivity contribution < 1.29 is 14.3 Å². The standard InChI is InChI=1S/C17H25ClN2O5/c1-4-5-6-7-8-9-14(21)19-10-13(18)15(22)20(16(19)23)17(24)25-11-12(2)3/h10,12H,4-9,11H2,1-3H3. The van der Waals surface area contributed by atoms with Crippen LogP contribution in [0.5, 0.6) is 0 Å². The van der Waals surface area contributed by atoms with E-state index >= 15 is 0 Å². The van der Waals surface area contributed by atoms with E-state index in [9.17, 15) is 19.2 Å². The monoisotopic (exact) mass is 372 g/mol. The second-order valence-corrected chi connectivity index (χ2v) is 6.71. The fourth-order valence-corrected chi connectivity index (χ4v) is 2.35. The molecular formula is C17H25ClN2O5. The van der Waals surface area contributed by atoms with Crippen molar-refractivity contribution in [1.29, 1.82) is 0 Å². The summed E-state index contributed by atoms with van der Waals surface area (Å²) in [6.07, 6.45) is 4.67. The van der Waals surface area contributed by atoms with Gasteiger partial charge in [-0.2, -0.15) is 4.57 Å². The van der Waals surface area contributed by atoms with Gasteiger partial charge >= 0.3 is 11.8 Å². The van der Waals surface area contributed by atoms with Gasteiger partial charge in [-0.25, -0.2) is 14.2 Å². The molecule has 0 aliphatic carbocycles. The zero-order valence-corrected chi connectivity index (χ0v) is 15.7. The maximum Gasteiger partial charge on any atom is 0.425 e. The second kappa shape index (κ2) is 10.2. The van der Waals surface area contributed by atoms with Gasteiger partial charge in [0.2, 0.25) is 5.91 Å². The minimum atomic E-state index is -1.13. The highest BCUT2D eigenvalue weighted by molar-refractivity contribution is 6.30. The van der Waals surface area contributed by atoms with Gasteiger partial charge in [0.05, 0.1) is 6.61 Å². The SMILES string of the molecule is CCCCCCCC(=O)n1cc(Cl)c(=O)n(C(=O)OCC(C)C)c1=O. The lowest BCUT2D eigenvalue weighted by Crippen LogP contribution is -2.45. The van der Waals surface area contributed by atoms with Gasteiger partial charge in [-0.1, -0.05) is 58.1 Å². The maximum atomic E-state index is 12.4. The molecule has 1 aromatic rings. The number of unbranched alkanes of at least 4 members (excludes halogenated alkanes) is 4. The van der Waals surface area contributed by atoms with Crippen molar-refractivity contribution in [2.24, 2.45) is 5.92 Å². The van der Waals surface area contributed by atoms with Crippen LogP contribution < -0.4 is 11.2 Å². The summed E-state index contributed by atoms with van der Waals surface area (Å²) in [6, 6.07) is 0. The molecule has 0 bridgehead atoms. The van der Waals surface area contributed by atoms with E-state index in [0.29, 0.717) is 11.0 Å². The Hall–Kier alpha value is -1.89. The van der Waals surface area contributed by atoms with Crippen molar-refractivity contribution in [2.45, 2.75) is 59.3 Å². The number of ether oxygens (including phenoxy) is 1. The molecule has 1 aromatic heterocycles. The van der Waals surface area contributed by atoms with Crippen LogP contribution in [0.4, 0.5) is 4.79 Å².